The Balaban J connectivity index is 2.31. The molecule has 1 aliphatic rings. The van der Waals surface area contributed by atoms with Crippen LogP contribution in [0.1, 0.15) is 46.5 Å². The van der Waals surface area contributed by atoms with Crippen LogP contribution in [-0.2, 0) is 9.59 Å². The summed E-state index contributed by atoms with van der Waals surface area (Å²) >= 11 is 0. The van der Waals surface area contributed by atoms with E-state index in [1.807, 2.05) is 9.80 Å². The van der Waals surface area contributed by atoms with Crippen LogP contribution in [0.3, 0.4) is 0 Å². The molecule has 0 atom stereocenters. The molecule has 0 unspecified atom stereocenters. The maximum Gasteiger partial charge on any atom is 0.224 e. The number of unbranched alkanes of at least 4 members (excludes halogenated alkanes) is 2. The van der Waals surface area contributed by atoms with E-state index >= 15 is 0 Å². The Hall–Kier alpha value is -1.10. The zero-order valence-corrected chi connectivity index (χ0v) is 13.9. The Morgan fingerprint density at radius 3 is 2.19 bits per heavy atom. The van der Waals surface area contributed by atoms with E-state index in [-0.39, 0.29) is 11.8 Å². The molecule has 5 heteroatoms. The number of hydrogen-bond donors (Lipinski definition) is 0. The van der Waals surface area contributed by atoms with Gasteiger partial charge in [0.1, 0.15) is 0 Å². The van der Waals surface area contributed by atoms with Crippen molar-refractivity contribution < 1.29 is 9.59 Å². The lowest BCUT2D eigenvalue weighted by molar-refractivity contribution is -0.134. The van der Waals surface area contributed by atoms with Crippen LogP contribution >= 0.6 is 0 Å². The lowest BCUT2D eigenvalue weighted by Gasteiger charge is -2.34. The number of rotatable bonds is 8. The standard InChI is InChI=1S/C16H31N3O2/c1-4-6-7-9-18(15(3)20)10-8-16(21)19-13-11-17(5-2)12-14-19/h4-14H2,1-3H3. The van der Waals surface area contributed by atoms with Gasteiger partial charge < -0.3 is 14.7 Å². The number of amides is 2. The minimum atomic E-state index is 0.0784. The number of carbonyl (C=O) groups excluding carboxylic acids is 2. The normalized spacial score (nSPS) is 16.0. The first-order valence-electron chi connectivity index (χ1n) is 8.34. The smallest absolute Gasteiger partial charge is 0.224 e. The zero-order valence-electron chi connectivity index (χ0n) is 13.9. The second-order valence-electron chi connectivity index (χ2n) is 5.78. The van der Waals surface area contributed by atoms with Crippen LogP contribution in [0.5, 0.6) is 0 Å². The highest BCUT2D eigenvalue weighted by Gasteiger charge is 2.20. The van der Waals surface area contributed by atoms with Gasteiger partial charge in [-0.25, -0.2) is 0 Å². The van der Waals surface area contributed by atoms with Crippen molar-refractivity contribution >= 4 is 11.8 Å². The van der Waals surface area contributed by atoms with E-state index in [2.05, 4.69) is 18.7 Å². The summed E-state index contributed by atoms with van der Waals surface area (Å²) in [5, 5.41) is 0. The van der Waals surface area contributed by atoms with Crippen molar-refractivity contribution in [1.82, 2.24) is 14.7 Å². The quantitative estimate of drug-likeness (QED) is 0.639. The van der Waals surface area contributed by atoms with E-state index in [0.717, 1.165) is 58.5 Å². The first kappa shape index (κ1) is 18.0. The third kappa shape index (κ3) is 6.46. The average molecular weight is 297 g/mol. The van der Waals surface area contributed by atoms with Crippen LogP contribution in [-0.4, -0.2) is 72.3 Å². The average Bonchev–Trinajstić information content (AvgIpc) is 2.50. The second-order valence-corrected chi connectivity index (χ2v) is 5.78. The minimum absolute atomic E-state index is 0.0784. The highest BCUT2D eigenvalue weighted by Crippen LogP contribution is 2.06. The van der Waals surface area contributed by atoms with E-state index in [9.17, 15) is 9.59 Å². The molecule has 2 amide bonds. The van der Waals surface area contributed by atoms with Crippen molar-refractivity contribution in [3.05, 3.63) is 0 Å². The largest absolute Gasteiger partial charge is 0.342 e. The highest BCUT2D eigenvalue weighted by molar-refractivity contribution is 5.78. The molecule has 0 aromatic heterocycles. The molecule has 0 aromatic rings. The Labute approximate surface area is 129 Å². The van der Waals surface area contributed by atoms with Gasteiger partial charge in [-0.1, -0.05) is 26.7 Å². The summed E-state index contributed by atoms with van der Waals surface area (Å²) in [6, 6.07) is 0. The summed E-state index contributed by atoms with van der Waals surface area (Å²) in [5.41, 5.74) is 0. The van der Waals surface area contributed by atoms with Gasteiger partial charge in [-0.15, -0.1) is 0 Å². The van der Waals surface area contributed by atoms with Gasteiger partial charge in [0.05, 0.1) is 0 Å². The molecular formula is C16H31N3O2. The summed E-state index contributed by atoms with van der Waals surface area (Å²) < 4.78 is 0. The molecule has 5 nitrogen and oxygen atoms in total. The maximum absolute atomic E-state index is 12.2. The summed E-state index contributed by atoms with van der Waals surface area (Å²) in [6.45, 7) is 11.9. The van der Waals surface area contributed by atoms with Crippen molar-refractivity contribution in [2.75, 3.05) is 45.8 Å². The molecule has 1 heterocycles. The maximum atomic E-state index is 12.2. The van der Waals surface area contributed by atoms with Crippen LogP contribution in [0.25, 0.3) is 0 Å². The number of piperazine rings is 1. The van der Waals surface area contributed by atoms with Gasteiger partial charge in [0.25, 0.3) is 0 Å². The summed E-state index contributed by atoms with van der Waals surface area (Å²) in [5.74, 6) is 0.266. The van der Waals surface area contributed by atoms with Crippen LogP contribution in [0.15, 0.2) is 0 Å². The molecule has 1 aliphatic heterocycles. The predicted octanol–water partition coefficient (Wildman–Crippen LogP) is 1.58. The molecule has 1 fully saturated rings. The van der Waals surface area contributed by atoms with Gasteiger partial charge in [0, 0.05) is 52.6 Å². The van der Waals surface area contributed by atoms with Crippen LogP contribution in [0, 0.1) is 0 Å². The van der Waals surface area contributed by atoms with Gasteiger partial charge in [-0.3, -0.25) is 9.59 Å². The van der Waals surface area contributed by atoms with E-state index in [1.165, 1.54) is 0 Å². The number of likely N-dealkylation sites (N-methyl/N-ethyl adjacent to an activating group) is 1. The van der Waals surface area contributed by atoms with E-state index in [4.69, 9.17) is 0 Å². The van der Waals surface area contributed by atoms with E-state index < -0.39 is 0 Å². The lowest BCUT2D eigenvalue weighted by atomic mass is 10.2. The van der Waals surface area contributed by atoms with Crippen molar-refractivity contribution in [3.63, 3.8) is 0 Å². The van der Waals surface area contributed by atoms with Crippen LogP contribution < -0.4 is 0 Å². The fourth-order valence-corrected chi connectivity index (χ4v) is 2.68. The van der Waals surface area contributed by atoms with Crippen molar-refractivity contribution in [2.45, 2.75) is 46.5 Å². The molecule has 1 saturated heterocycles. The van der Waals surface area contributed by atoms with Gasteiger partial charge in [-0.2, -0.15) is 0 Å². The molecule has 1 rings (SSSR count). The van der Waals surface area contributed by atoms with Crippen molar-refractivity contribution in [2.24, 2.45) is 0 Å². The lowest BCUT2D eigenvalue weighted by Crippen LogP contribution is -2.49. The van der Waals surface area contributed by atoms with Crippen molar-refractivity contribution in [1.29, 1.82) is 0 Å². The zero-order chi connectivity index (χ0) is 15.7. The molecule has 0 bridgehead atoms. The first-order valence-corrected chi connectivity index (χ1v) is 8.34. The SMILES string of the molecule is CCCCCN(CCC(=O)N1CCN(CC)CC1)C(C)=O. The van der Waals surface area contributed by atoms with Gasteiger partial charge in [-0.05, 0) is 13.0 Å². The van der Waals surface area contributed by atoms with Gasteiger partial charge in [0.15, 0.2) is 0 Å². The Bertz CT molecular complexity index is 325. The van der Waals surface area contributed by atoms with Crippen LogP contribution in [0.2, 0.25) is 0 Å². The molecule has 0 saturated carbocycles. The fourth-order valence-electron chi connectivity index (χ4n) is 2.68. The Kier molecular flexibility index (Phi) is 8.35. The first-order chi connectivity index (χ1) is 10.1. The topological polar surface area (TPSA) is 43.9 Å². The predicted molar refractivity (Wildman–Crippen MR) is 85.1 cm³/mol. The molecular weight excluding hydrogens is 266 g/mol. The molecule has 0 radical (unpaired) electrons. The second kappa shape index (κ2) is 9.77. The summed E-state index contributed by atoms with van der Waals surface area (Å²) in [6.07, 6.45) is 3.76. The third-order valence-corrected chi connectivity index (χ3v) is 4.24. The molecule has 0 N–H and O–H groups in total. The van der Waals surface area contributed by atoms with Gasteiger partial charge >= 0.3 is 0 Å². The number of nitrogens with zero attached hydrogens (tertiary/aromatic N) is 3. The number of hydrogen-bond acceptors (Lipinski definition) is 3. The summed E-state index contributed by atoms with van der Waals surface area (Å²) in [4.78, 5) is 29.9. The highest BCUT2D eigenvalue weighted by atomic mass is 16.2. The molecule has 0 spiro atoms. The molecule has 21 heavy (non-hydrogen) atoms. The summed E-state index contributed by atoms with van der Waals surface area (Å²) in [7, 11) is 0. The van der Waals surface area contributed by atoms with Crippen LogP contribution in [0.4, 0.5) is 0 Å². The Morgan fingerprint density at radius 2 is 1.67 bits per heavy atom. The number of carbonyl (C=O) groups is 2. The Morgan fingerprint density at radius 1 is 1.00 bits per heavy atom. The molecule has 0 aromatic carbocycles. The van der Waals surface area contributed by atoms with Gasteiger partial charge in [0.2, 0.25) is 11.8 Å². The third-order valence-electron chi connectivity index (χ3n) is 4.24. The monoisotopic (exact) mass is 297 g/mol. The van der Waals surface area contributed by atoms with E-state index in [1.54, 1.807) is 6.92 Å². The minimum Gasteiger partial charge on any atom is -0.342 e. The van der Waals surface area contributed by atoms with Crippen molar-refractivity contribution in [3.8, 4) is 0 Å². The fraction of sp³-hybridized carbons (Fsp3) is 0.875. The molecule has 122 valence electrons. The van der Waals surface area contributed by atoms with E-state index in [0.29, 0.717) is 13.0 Å². The molecule has 0 aliphatic carbocycles.